The third-order valence-electron chi connectivity index (χ3n) is 1.62. The van der Waals surface area contributed by atoms with Gasteiger partial charge in [0.1, 0.15) is 0 Å². The SMILES string of the molecule is CCOC(C[SiH](OC)OC)OCC. The minimum atomic E-state index is -1.56. The molecule has 0 fully saturated rings. The summed E-state index contributed by atoms with van der Waals surface area (Å²) < 4.78 is 21.1. The van der Waals surface area contributed by atoms with Gasteiger partial charge < -0.3 is 18.3 Å². The second-order valence-electron chi connectivity index (χ2n) is 2.48. The minimum Gasteiger partial charge on any atom is -0.400 e. The Morgan fingerprint density at radius 1 is 1.00 bits per heavy atom. The standard InChI is InChI=1S/C8H20O4Si/c1-5-11-8(12-6-2)7-13(9-3)10-4/h8,13H,5-7H2,1-4H3. The van der Waals surface area contributed by atoms with E-state index in [1.165, 1.54) is 0 Å². The molecule has 0 aromatic heterocycles. The molecule has 0 aromatic rings. The van der Waals surface area contributed by atoms with Gasteiger partial charge in [-0.2, -0.15) is 0 Å². The molecule has 0 saturated carbocycles. The quantitative estimate of drug-likeness (QED) is 0.439. The molecule has 0 aliphatic carbocycles. The van der Waals surface area contributed by atoms with E-state index < -0.39 is 9.28 Å². The molecule has 0 unspecified atom stereocenters. The van der Waals surface area contributed by atoms with Gasteiger partial charge >= 0.3 is 9.28 Å². The van der Waals surface area contributed by atoms with Crippen molar-refractivity contribution in [1.82, 2.24) is 0 Å². The average molecular weight is 208 g/mol. The van der Waals surface area contributed by atoms with Gasteiger partial charge in [0.2, 0.25) is 0 Å². The largest absolute Gasteiger partial charge is 0.400 e. The zero-order chi connectivity index (χ0) is 10.1. The van der Waals surface area contributed by atoms with Crippen LogP contribution in [0, 0.1) is 0 Å². The molecule has 80 valence electrons. The normalized spacial score (nSPS) is 11.5. The van der Waals surface area contributed by atoms with E-state index in [1.54, 1.807) is 14.2 Å². The zero-order valence-electron chi connectivity index (χ0n) is 8.91. The molecule has 0 aliphatic heterocycles. The van der Waals surface area contributed by atoms with Crippen LogP contribution in [0.3, 0.4) is 0 Å². The summed E-state index contributed by atoms with van der Waals surface area (Å²) in [5.74, 6) is 0. The molecule has 0 atom stereocenters. The van der Waals surface area contributed by atoms with Gasteiger partial charge in [0.25, 0.3) is 0 Å². The molecule has 4 nitrogen and oxygen atoms in total. The predicted octanol–water partition coefficient (Wildman–Crippen LogP) is 0.899. The molecule has 0 saturated heterocycles. The van der Waals surface area contributed by atoms with Crippen molar-refractivity contribution in [3.05, 3.63) is 0 Å². The van der Waals surface area contributed by atoms with E-state index >= 15 is 0 Å². The van der Waals surface area contributed by atoms with Gasteiger partial charge in [-0.05, 0) is 13.8 Å². The van der Waals surface area contributed by atoms with Gasteiger partial charge in [-0.1, -0.05) is 0 Å². The lowest BCUT2D eigenvalue weighted by Gasteiger charge is -2.19. The molecule has 13 heavy (non-hydrogen) atoms. The van der Waals surface area contributed by atoms with Crippen molar-refractivity contribution in [2.45, 2.75) is 26.2 Å². The summed E-state index contributed by atoms with van der Waals surface area (Å²) in [5.41, 5.74) is 0. The molecule has 0 N–H and O–H groups in total. The van der Waals surface area contributed by atoms with Crippen LogP contribution in [0.4, 0.5) is 0 Å². The van der Waals surface area contributed by atoms with Crippen molar-refractivity contribution in [3.8, 4) is 0 Å². The number of hydrogen-bond acceptors (Lipinski definition) is 4. The van der Waals surface area contributed by atoms with Crippen LogP contribution in [0.1, 0.15) is 13.8 Å². The second-order valence-corrected chi connectivity index (χ2v) is 4.75. The van der Waals surface area contributed by atoms with E-state index in [1.807, 2.05) is 13.8 Å². The number of rotatable bonds is 8. The van der Waals surface area contributed by atoms with Crippen LogP contribution in [0.25, 0.3) is 0 Å². The fraction of sp³-hybridized carbons (Fsp3) is 1.00. The highest BCUT2D eigenvalue weighted by molar-refractivity contribution is 6.44. The van der Waals surface area contributed by atoms with Gasteiger partial charge in [0, 0.05) is 33.5 Å². The Bertz CT molecular complexity index is 102. The van der Waals surface area contributed by atoms with Crippen molar-refractivity contribution >= 4 is 9.28 Å². The van der Waals surface area contributed by atoms with Gasteiger partial charge in [-0.3, -0.25) is 0 Å². The zero-order valence-corrected chi connectivity index (χ0v) is 10.1. The number of hydrogen-bond donors (Lipinski definition) is 0. The van der Waals surface area contributed by atoms with Crippen molar-refractivity contribution in [3.63, 3.8) is 0 Å². The third-order valence-corrected chi connectivity index (χ3v) is 3.44. The molecule has 0 heterocycles. The Labute approximate surface area is 82.0 Å². The van der Waals surface area contributed by atoms with Crippen molar-refractivity contribution in [2.75, 3.05) is 27.4 Å². The molecule has 0 amide bonds. The monoisotopic (exact) mass is 208 g/mol. The van der Waals surface area contributed by atoms with Crippen LogP contribution in [0.2, 0.25) is 6.04 Å². The summed E-state index contributed by atoms with van der Waals surface area (Å²) >= 11 is 0. The molecule has 5 heteroatoms. The molecular formula is C8H20O4Si. The van der Waals surface area contributed by atoms with Crippen LogP contribution in [-0.4, -0.2) is 43.0 Å². The van der Waals surface area contributed by atoms with E-state index in [0.717, 1.165) is 6.04 Å². The summed E-state index contributed by atoms with van der Waals surface area (Å²) in [4.78, 5) is 0. The fourth-order valence-electron chi connectivity index (χ4n) is 1.00. The van der Waals surface area contributed by atoms with E-state index in [-0.39, 0.29) is 6.29 Å². The molecule has 0 rings (SSSR count). The van der Waals surface area contributed by atoms with Crippen LogP contribution in [-0.2, 0) is 18.3 Å². The maximum Gasteiger partial charge on any atom is 0.326 e. The third kappa shape index (κ3) is 6.17. The maximum absolute atomic E-state index is 5.37. The highest BCUT2D eigenvalue weighted by Crippen LogP contribution is 2.06. The van der Waals surface area contributed by atoms with E-state index in [9.17, 15) is 0 Å². The Morgan fingerprint density at radius 3 is 1.77 bits per heavy atom. The lowest BCUT2D eigenvalue weighted by atomic mass is 10.7. The van der Waals surface area contributed by atoms with Crippen LogP contribution < -0.4 is 0 Å². The maximum atomic E-state index is 5.37. The smallest absolute Gasteiger partial charge is 0.326 e. The van der Waals surface area contributed by atoms with Crippen LogP contribution in [0.5, 0.6) is 0 Å². The summed E-state index contributed by atoms with van der Waals surface area (Å²) in [6, 6.07) is 0.731. The average Bonchev–Trinajstić information content (AvgIpc) is 2.14. The Morgan fingerprint density at radius 2 is 1.46 bits per heavy atom. The molecule has 0 aromatic carbocycles. The Hall–Kier alpha value is 0.0569. The molecule has 0 spiro atoms. The fourth-order valence-corrected chi connectivity index (χ4v) is 2.17. The van der Waals surface area contributed by atoms with Gasteiger partial charge in [0.05, 0.1) is 0 Å². The van der Waals surface area contributed by atoms with Crippen LogP contribution in [0.15, 0.2) is 0 Å². The number of ether oxygens (including phenoxy) is 2. The van der Waals surface area contributed by atoms with E-state index in [2.05, 4.69) is 0 Å². The summed E-state index contributed by atoms with van der Waals surface area (Å²) in [6.07, 6.45) is -0.174. The van der Waals surface area contributed by atoms with Crippen LogP contribution >= 0.6 is 0 Å². The highest BCUT2D eigenvalue weighted by atomic mass is 28.3. The van der Waals surface area contributed by atoms with Crippen molar-refractivity contribution < 1.29 is 18.3 Å². The summed E-state index contributed by atoms with van der Waals surface area (Å²) in [6.45, 7) is 5.20. The van der Waals surface area contributed by atoms with Gasteiger partial charge in [-0.15, -0.1) is 0 Å². The van der Waals surface area contributed by atoms with E-state index in [4.69, 9.17) is 18.3 Å². The molecule has 0 bridgehead atoms. The Kier molecular flexibility index (Phi) is 8.68. The molecule has 0 radical (unpaired) electrons. The second kappa shape index (κ2) is 8.65. The molecule has 0 aliphatic rings. The van der Waals surface area contributed by atoms with E-state index in [0.29, 0.717) is 13.2 Å². The van der Waals surface area contributed by atoms with Gasteiger partial charge in [0.15, 0.2) is 6.29 Å². The first-order valence-corrected chi connectivity index (χ1v) is 6.33. The highest BCUT2D eigenvalue weighted by Gasteiger charge is 2.18. The predicted molar refractivity (Wildman–Crippen MR) is 53.0 cm³/mol. The lowest BCUT2D eigenvalue weighted by molar-refractivity contribution is -0.126. The first-order valence-electron chi connectivity index (χ1n) is 4.57. The molecular weight excluding hydrogens is 188 g/mol. The first kappa shape index (κ1) is 13.1. The summed E-state index contributed by atoms with van der Waals surface area (Å²) in [7, 11) is 1.76. The van der Waals surface area contributed by atoms with Gasteiger partial charge in [-0.25, -0.2) is 0 Å². The van der Waals surface area contributed by atoms with Crippen molar-refractivity contribution in [1.29, 1.82) is 0 Å². The van der Waals surface area contributed by atoms with Crippen molar-refractivity contribution in [2.24, 2.45) is 0 Å². The Balaban J connectivity index is 3.76. The minimum absolute atomic E-state index is 0.174. The first-order chi connectivity index (χ1) is 6.28. The lowest BCUT2D eigenvalue weighted by Crippen LogP contribution is -2.29. The topological polar surface area (TPSA) is 36.9 Å². The summed E-state index contributed by atoms with van der Waals surface area (Å²) in [5, 5.41) is 0.